The second kappa shape index (κ2) is 5.04. The summed E-state index contributed by atoms with van der Waals surface area (Å²) in [6, 6.07) is 6.06. The third-order valence-corrected chi connectivity index (χ3v) is 3.61. The molecular formula is C13H18N4O. The van der Waals surface area contributed by atoms with Gasteiger partial charge in [-0.15, -0.1) is 0 Å². The predicted molar refractivity (Wildman–Crippen MR) is 67.3 cm³/mol. The number of carbonyl (C=O) groups excluding carboxylic acids is 1. The summed E-state index contributed by atoms with van der Waals surface area (Å²) in [5, 5.41) is 2.92. The molecule has 0 bridgehead atoms. The first-order chi connectivity index (χ1) is 8.83. The molecule has 18 heavy (non-hydrogen) atoms. The number of nitrogens with zero attached hydrogens (tertiary/aromatic N) is 1. The molecule has 1 aliphatic heterocycles. The van der Waals surface area contributed by atoms with Gasteiger partial charge in [0.05, 0.1) is 12.2 Å². The standard InChI is InChI=1S/C13H18N4O/c18-13(15-8-10-3-1-2-6-14-10)12-7-11(16-17-12)9-4-5-9/h1-3,6,9,11-12,16-17H,4-5,7-8H2,(H,15,18). The van der Waals surface area contributed by atoms with E-state index in [0.29, 0.717) is 12.6 Å². The van der Waals surface area contributed by atoms with Crippen LogP contribution < -0.4 is 16.2 Å². The van der Waals surface area contributed by atoms with E-state index in [0.717, 1.165) is 18.0 Å². The Kier molecular flexibility index (Phi) is 3.25. The minimum Gasteiger partial charge on any atom is -0.349 e. The molecule has 0 aromatic carbocycles. The zero-order chi connectivity index (χ0) is 12.4. The van der Waals surface area contributed by atoms with Gasteiger partial charge in [-0.25, -0.2) is 5.43 Å². The molecule has 2 fully saturated rings. The van der Waals surface area contributed by atoms with Crippen LogP contribution in [-0.4, -0.2) is 23.0 Å². The molecule has 2 heterocycles. The molecule has 0 spiro atoms. The number of hydrogen-bond donors (Lipinski definition) is 3. The maximum absolute atomic E-state index is 12.0. The second-order valence-electron chi connectivity index (χ2n) is 5.06. The van der Waals surface area contributed by atoms with Crippen molar-refractivity contribution in [1.82, 2.24) is 21.2 Å². The quantitative estimate of drug-likeness (QED) is 0.717. The zero-order valence-electron chi connectivity index (χ0n) is 10.2. The van der Waals surface area contributed by atoms with Gasteiger partial charge in [-0.2, -0.15) is 0 Å². The molecule has 3 N–H and O–H groups in total. The van der Waals surface area contributed by atoms with Gasteiger partial charge in [-0.05, 0) is 37.3 Å². The van der Waals surface area contributed by atoms with Gasteiger partial charge in [0.15, 0.2) is 0 Å². The van der Waals surface area contributed by atoms with Crippen LogP contribution in [0.5, 0.6) is 0 Å². The Morgan fingerprint density at radius 3 is 3.00 bits per heavy atom. The molecule has 2 aliphatic rings. The van der Waals surface area contributed by atoms with Crippen molar-refractivity contribution >= 4 is 5.91 Å². The van der Waals surface area contributed by atoms with Crippen molar-refractivity contribution < 1.29 is 4.79 Å². The normalized spacial score (nSPS) is 27.1. The fourth-order valence-corrected chi connectivity index (χ4v) is 2.36. The first-order valence-electron chi connectivity index (χ1n) is 6.51. The van der Waals surface area contributed by atoms with Gasteiger partial charge in [-0.3, -0.25) is 15.2 Å². The Morgan fingerprint density at radius 2 is 2.28 bits per heavy atom. The average molecular weight is 246 g/mol. The highest BCUT2D eigenvalue weighted by Crippen LogP contribution is 2.35. The Balaban J connectivity index is 1.47. The van der Waals surface area contributed by atoms with Gasteiger partial charge in [0.25, 0.3) is 0 Å². The zero-order valence-corrected chi connectivity index (χ0v) is 10.2. The van der Waals surface area contributed by atoms with E-state index in [4.69, 9.17) is 0 Å². The summed E-state index contributed by atoms with van der Waals surface area (Å²) in [6.45, 7) is 0.492. The summed E-state index contributed by atoms with van der Waals surface area (Å²) in [6.07, 6.45) is 5.21. The molecule has 2 unspecified atom stereocenters. The van der Waals surface area contributed by atoms with Gasteiger partial charge >= 0.3 is 0 Å². The number of amides is 1. The molecule has 2 atom stereocenters. The number of hydrazine groups is 1. The van der Waals surface area contributed by atoms with Crippen molar-refractivity contribution in [3.05, 3.63) is 30.1 Å². The SMILES string of the molecule is O=C(NCc1ccccn1)C1CC(C2CC2)NN1. The molecular weight excluding hydrogens is 228 g/mol. The molecule has 1 amide bonds. The summed E-state index contributed by atoms with van der Waals surface area (Å²) in [5.74, 6) is 0.822. The molecule has 5 heteroatoms. The molecule has 1 aliphatic carbocycles. The van der Waals surface area contributed by atoms with Crippen LogP contribution in [-0.2, 0) is 11.3 Å². The Morgan fingerprint density at radius 1 is 1.39 bits per heavy atom. The minimum atomic E-state index is -0.112. The number of rotatable bonds is 4. The van der Waals surface area contributed by atoms with Crippen LogP contribution in [0.15, 0.2) is 24.4 Å². The molecule has 1 saturated heterocycles. The average Bonchev–Trinajstić information content (AvgIpc) is 3.15. The van der Waals surface area contributed by atoms with Crippen LogP contribution in [0.2, 0.25) is 0 Å². The monoisotopic (exact) mass is 246 g/mol. The third-order valence-electron chi connectivity index (χ3n) is 3.61. The number of hydrogen-bond acceptors (Lipinski definition) is 4. The summed E-state index contributed by atoms with van der Waals surface area (Å²) in [5.41, 5.74) is 7.19. The smallest absolute Gasteiger partial charge is 0.238 e. The lowest BCUT2D eigenvalue weighted by molar-refractivity contribution is -0.123. The lowest BCUT2D eigenvalue weighted by Gasteiger charge is -2.10. The molecule has 1 saturated carbocycles. The van der Waals surface area contributed by atoms with Crippen LogP contribution >= 0.6 is 0 Å². The van der Waals surface area contributed by atoms with Gasteiger partial charge in [-0.1, -0.05) is 6.07 Å². The van der Waals surface area contributed by atoms with E-state index in [1.54, 1.807) is 6.20 Å². The summed E-state index contributed by atoms with van der Waals surface area (Å²) >= 11 is 0. The first kappa shape index (κ1) is 11.6. The topological polar surface area (TPSA) is 66.0 Å². The highest BCUT2D eigenvalue weighted by Gasteiger charge is 2.38. The van der Waals surface area contributed by atoms with Crippen molar-refractivity contribution in [2.75, 3.05) is 0 Å². The fraction of sp³-hybridized carbons (Fsp3) is 0.538. The minimum absolute atomic E-state index is 0.0521. The predicted octanol–water partition coefficient (Wildman–Crippen LogP) is 0.343. The van der Waals surface area contributed by atoms with E-state index in [1.807, 2.05) is 18.2 Å². The van der Waals surface area contributed by atoms with E-state index >= 15 is 0 Å². The van der Waals surface area contributed by atoms with Crippen molar-refractivity contribution in [2.24, 2.45) is 5.92 Å². The largest absolute Gasteiger partial charge is 0.349 e. The number of nitrogens with one attached hydrogen (secondary N) is 3. The summed E-state index contributed by atoms with van der Waals surface area (Å²) in [4.78, 5) is 16.1. The summed E-state index contributed by atoms with van der Waals surface area (Å²) < 4.78 is 0. The molecule has 1 aromatic rings. The molecule has 96 valence electrons. The van der Waals surface area contributed by atoms with Crippen LogP contribution in [0.4, 0.5) is 0 Å². The van der Waals surface area contributed by atoms with Crippen molar-refractivity contribution in [3.63, 3.8) is 0 Å². The Bertz CT molecular complexity index is 418. The Labute approximate surface area is 106 Å². The van der Waals surface area contributed by atoms with Crippen LogP contribution in [0.3, 0.4) is 0 Å². The lowest BCUT2D eigenvalue weighted by Crippen LogP contribution is -2.43. The lowest BCUT2D eigenvalue weighted by atomic mass is 10.1. The highest BCUT2D eigenvalue weighted by molar-refractivity contribution is 5.82. The fourth-order valence-electron chi connectivity index (χ4n) is 2.36. The van der Waals surface area contributed by atoms with E-state index in [-0.39, 0.29) is 11.9 Å². The number of pyridine rings is 1. The van der Waals surface area contributed by atoms with Crippen LogP contribution in [0.1, 0.15) is 25.0 Å². The van der Waals surface area contributed by atoms with Crippen molar-refractivity contribution in [1.29, 1.82) is 0 Å². The third kappa shape index (κ3) is 2.68. The molecule has 0 radical (unpaired) electrons. The van der Waals surface area contributed by atoms with Crippen LogP contribution in [0, 0.1) is 5.92 Å². The van der Waals surface area contributed by atoms with Crippen molar-refractivity contribution in [3.8, 4) is 0 Å². The maximum atomic E-state index is 12.0. The summed E-state index contributed by atoms with van der Waals surface area (Å²) in [7, 11) is 0. The maximum Gasteiger partial charge on any atom is 0.238 e. The van der Waals surface area contributed by atoms with Crippen LogP contribution in [0.25, 0.3) is 0 Å². The van der Waals surface area contributed by atoms with Gasteiger partial charge in [0.2, 0.25) is 5.91 Å². The molecule has 5 nitrogen and oxygen atoms in total. The number of aromatic nitrogens is 1. The van der Waals surface area contributed by atoms with Gasteiger partial charge in [0.1, 0.15) is 6.04 Å². The second-order valence-corrected chi connectivity index (χ2v) is 5.06. The molecule has 1 aromatic heterocycles. The van der Waals surface area contributed by atoms with E-state index in [1.165, 1.54) is 12.8 Å². The van der Waals surface area contributed by atoms with E-state index < -0.39 is 0 Å². The Hall–Kier alpha value is -1.46. The van der Waals surface area contributed by atoms with Crippen molar-refractivity contribution in [2.45, 2.75) is 37.9 Å². The van der Waals surface area contributed by atoms with E-state index in [9.17, 15) is 4.79 Å². The van der Waals surface area contributed by atoms with Gasteiger partial charge < -0.3 is 5.32 Å². The van der Waals surface area contributed by atoms with Gasteiger partial charge in [0, 0.05) is 12.2 Å². The highest BCUT2D eigenvalue weighted by atomic mass is 16.2. The molecule has 3 rings (SSSR count). The number of carbonyl (C=O) groups is 1. The van der Waals surface area contributed by atoms with E-state index in [2.05, 4.69) is 21.2 Å². The first-order valence-corrected chi connectivity index (χ1v) is 6.51.